The lowest BCUT2D eigenvalue weighted by Gasteiger charge is -2.37. The first-order valence-corrected chi connectivity index (χ1v) is 8.42. The maximum absolute atomic E-state index is 12.5. The van der Waals surface area contributed by atoms with Crippen molar-refractivity contribution in [2.75, 3.05) is 19.8 Å². The van der Waals surface area contributed by atoms with Gasteiger partial charge >= 0.3 is 23.9 Å². The van der Waals surface area contributed by atoms with Crippen LogP contribution in [-0.2, 0) is 28.6 Å². The van der Waals surface area contributed by atoms with E-state index in [0.717, 1.165) is 5.01 Å². The third kappa shape index (κ3) is 4.67. The fourth-order valence-corrected chi connectivity index (χ4v) is 2.88. The number of nitrogens with two attached hydrogens (primary N) is 1. The van der Waals surface area contributed by atoms with Gasteiger partial charge in [-0.05, 0) is 27.7 Å². The highest BCUT2D eigenvalue weighted by Crippen LogP contribution is 2.43. The van der Waals surface area contributed by atoms with E-state index in [-0.39, 0.29) is 31.1 Å². The predicted molar refractivity (Wildman–Crippen MR) is 90.2 cm³/mol. The van der Waals surface area contributed by atoms with Crippen LogP contribution in [0.1, 0.15) is 34.1 Å². The van der Waals surface area contributed by atoms with Gasteiger partial charge in [-0.1, -0.05) is 0 Å². The molecular weight excluding hydrogens is 362 g/mol. The number of aliphatic hydroxyl groups is 1. The number of urea groups is 1. The summed E-state index contributed by atoms with van der Waals surface area (Å²) in [4.78, 5) is 48.4. The summed E-state index contributed by atoms with van der Waals surface area (Å²) < 4.78 is 14.7. The molecule has 0 radical (unpaired) electrons. The van der Waals surface area contributed by atoms with Gasteiger partial charge < -0.3 is 25.1 Å². The molecule has 0 fully saturated rings. The van der Waals surface area contributed by atoms with Gasteiger partial charge in [-0.15, -0.1) is 0 Å². The number of amides is 2. The van der Waals surface area contributed by atoms with Gasteiger partial charge in [0.05, 0.1) is 31.8 Å². The minimum atomic E-state index is -2.38. The molecule has 1 rings (SSSR count). The van der Waals surface area contributed by atoms with Gasteiger partial charge in [0.2, 0.25) is 0 Å². The van der Waals surface area contributed by atoms with Crippen molar-refractivity contribution >= 4 is 23.9 Å². The van der Waals surface area contributed by atoms with Crippen LogP contribution in [0.4, 0.5) is 4.79 Å². The zero-order valence-electron chi connectivity index (χ0n) is 15.7. The number of hydrogen-bond donors (Lipinski definition) is 3. The van der Waals surface area contributed by atoms with Crippen LogP contribution in [0.25, 0.3) is 0 Å². The Kier molecular flexibility index (Phi) is 7.58. The topological polar surface area (TPSA) is 157 Å². The Morgan fingerprint density at radius 2 is 1.67 bits per heavy atom. The molecule has 0 aliphatic carbocycles. The number of hydrogen-bond acceptors (Lipinski definition) is 9. The molecule has 1 aliphatic rings. The van der Waals surface area contributed by atoms with Crippen LogP contribution in [0, 0.1) is 5.92 Å². The fourth-order valence-electron chi connectivity index (χ4n) is 2.88. The Hall–Kier alpha value is -2.82. The fraction of sp³-hybridized carbons (Fsp3) is 0.625. The number of primary amides is 1. The molecule has 4 N–H and O–H groups in total. The lowest BCUT2D eigenvalue weighted by Crippen LogP contribution is -2.60. The van der Waals surface area contributed by atoms with Crippen LogP contribution < -0.4 is 11.2 Å². The molecule has 0 aromatic heterocycles. The summed E-state index contributed by atoms with van der Waals surface area (Å²) in [6.07, 6.45) is -0.745. The van der Waals surface area contributed by atoms with E-state index >= 15 is 0 Å². The Labute approximate surface area is 156 Å². The van der Waals surface area contributed by atoms with Gasteiger partial charge in [-0.3, -0.25) is 14.6 Å². The third-order valence-corrected chi connectivity index (χ3v) is 3.81. The number of ether oxygens (including phenoxy) is 3. The molecule has 2 amide bonds. The molecular formula is C16H25N3O8. The highest BCUT2D eigenvalue weighted by atomic mass is 16.5. The van der Waals surface area contributed by atoms with Gasteiger partial charge in [0.25, 0.3) is 0 Å². The van der Waals surface area contributed by atoms with Crippen molar-refractivity contribution in [1.29, 1.82) is 0 Å². The lowest BCUT2D eigenvalue weighted by molar-refractivity contribution is -0.181. The van der Waals surface area contributed by atoms with E-state index in [1.54, 1.807) is 13.8 Å². The maximum atomic E-state index is 12.5. The van der Waals surface area contributed by atoms with E-state index in [1.807, 2.05) is 0 Å². The first-order chi connectivity index (χ1) is 12.6. The summed E-state index contributed by atoms with van der Waals surface area (Å²) in [5, 5.41) is 12.0. The van der Waals surface area contributed by atoms with Crippen molar-refractivity contribution in [3.63, 3.8) is 0 Å². The molecule has 152 valence electrons. The molecule has 0 bridgehead atoms. The van der Waals surface area contributed by atoms with Gasteiger partial charge in [-0.25, -0.2) is 15.0 Å². The Balaban J connectivity index is 3.51. The van der Waals surface area contributed by atoms with E-state index in [2.05, 4.69) is 5.43 Å². The standard InChI is InChI=1S/C16H25N3O8/c1-5-25-10(20)8-16(24)12(14(22)27-7-3)11(13(21)26-6-2)9(4)19(16)18-15(17)23/h12,24H,5-8H2,1-4H3,(H3,17,18,23). The van der Waals surface area contributed by atoms with Gasteiger partial charge in [0.1, 0.15) is 5.92 Å². The first-order valence-electron chi connectivity index (χ1n) is 8.42. The SMILES string of the molecule is CCOC(=O)CC1(O)C(C(=O)OCC)C(C(=O)OCC)=C(C)N1NC(N)=O. The van der Waals surface area contributed by atoms with Crippen LogP contribution in [0.2, 0.25) is 0 Å². The minimum Gasteiger partial charge on any atom is -0.466 e. The average Bonchev–Trinajstić information content (AvgIpc) is 2.76. The lowest BCUT2D eigenvalue weighted by atomic mass is 9.88. The normalized spacial score (nSPS) is 21.7. The summed E-state index contributed by atoms with van der Waals surface area (Å²) in [5.74, 6) is -4.36. The van der Waals surface area contributed by atoms with Crippen LogP contribution in [-0.4, -0.2) is 59.6 Å². The smallest absolute Gasteiger partial charge is 0.336 e. The van der Waals surface area contributed by atoms with E-state index in [0.29, 0.717) is 0 Å². The van der Waals surface area contributed by atoms with Crippen molar-refractivity contribution in [3.05, 3.63) is 11.3 Å². The van der Waals surface area contributed by atoms with E-state index in [1.165, 1.54) is 13.8 Å². The van der Waals surface area contributed by atoms with E-state index < -0.39 is 42.0 Å². The number of esters is 3. The van der Waals surface area contributed by atoms with Crippen LogP contribution in [0.3, 0.4) is 0 Å². The maximum Gasteiger partial charge on any atom is 0.336 e. The zero-order valence-corrected chi connectivity index (χ0v) is 15.7. The molecule has 0 aromatic carbocycles. The largest absolute Gasteiger partial charge is 0.466 e. The molecule has 27 heavy (non-hydrogen) atoms. The number of hydrazine groups is 1. The third-order valence-electron chi connectivity index (χ3n) is 3.81. The highest BCUT2D eigenvalue weighted by Gasteiger charge is 2.59. The molecule has 11 nitrogen and oxygen atoms in total. The highest BCUT2D eigenvalue weighted by molar-refractivity contribution is 5.98. The molecule has 1 heterocycles. The average molecular weight is 387 g/mol. The van der Waals surface area contributed by atoms with Crippen LogP contribution >= 0.6 is 0 Å². The molecule has 0 spiro atoms. The second kappa shape index (κ2) is 9.21. The number of carbonyl (C=O) groups excluding carboxylic acids is 4. The van der Waals surface area contributed by atoms with Crippen molar-refractivity contribution in [1.82, 2.24) is 10.4 Å². The first kappa shape index (κ1) is 22.2. The van der Waals surface area contributed by atoms with Gasteiger partial charge in [0, 0.05) is 5.70 Å². The molecule has 2 unspecified atom stereocenters. The van der Waals surface area contributed by atoms with Gasteiger partial charge in [-0.2, -0.15) is 0 Å². The zero-order chi connectivity index (χ0) is 20.8. The molecule has 0 aromatic rings. The van der Waals surface area contributed by atoms with Crippen molar-refractivity contribution < 1.29 is 38.5 Å². The van der Waals surface area contributed by atoms with Crippen molar-refractivity contribution in [3.8, 4) is 0 Å². The monoisotopic (exact) mass is 387 g/mol. The number of nitrogens with zero attached hydrogens (tertiary/aromatic N) is 1. The number of carbonyl (C=O) groups is 4. The minimum absolute atomic E-state index is 0.00467. The second-order valence-corrected chi connectivity index (χ2v) is 5.58. The molecule has 1 aliphatic heterocycles. The summed E-state index contributed by atoms with van der Waals surface area (Å²) in [7, 11) is 0. The quantitative estimate of drug-likeness (QED) is 0.370. The number of rotatable bonds is 8. The Bertz CT molecular complexity index is 648. The Morgan fingerprint density at radius 3 is 2.15 bits per heavy atom. The Morgan fingerprint density at radius 1 is 1.11 bits per heavy atom. The van der Waals surface area contributed by atoms with Crippen LogP contribution in [0.15, 0.2) is 11.3 Å². The van der Waals surface area contributed by atoms with Crippen molar-refractivity contribution in [2.24, 2.45) is 11.7 Å². The van der Waals surface area contributed by atoms with E-state index in [4.69, 9.17) is 19.9 Å². The summed E-state index contributed by atoms with van der Waals surface area (Å²) in [6.45, 7) is 6.01. The summed E-state index contributed by atoms with van der Waals surface area (Å²) in [5.41, 5.74) is 4.61. The number of nitrogens with one attached hydrogen (secondary N) is 1. The summed E-state index contributed by atoms with van der Waals surface area (Å²) in [6, 6.07) is -1.08. The number of allylic oxidation sites excluding steroid dienone is 1. The predicted octanol–water partition coefficient (Wildman–Crippen LogP) is -0.456. The molecule has 0 saturated carbocycles. The molecule has 2 atom stereocenters. The molecule has 11 heteroatoms. The molecule has 0 saturated heterocycles. The second-order valence-electron chi connectivity index (χ2n) is 5.58. The summed E-state index contributed by atoms with van der Waals surface area (Å²) >= 11 is 0. The van der Waals surface area contributed by atoms with E-state index in [9.17, 15) is 24.3 Å². The van der Waals surface area contributed by atoms with Crippen molar-refractivity contribution in [2.45, 2.75) is 39.8 Å². The van der Waals surface area contributed by atoms with Gasteiger partial charge in [0.15, 0.2) is 5.72 Å². The van der Waals surface area contributed by atoms with Crippen LogP contribution in [0.5, 0.6) is 0 Å².